The van der Waals surface area contributed by atoms with E-state index in [0.29, 0.717) is 11.3 Å². The highest BCUT2D eigenvalue weighted by atomic mass is 35.5. The minimum atomic E-state index is -4.16. The Bertz CT molecular complexity index is 1450. The van der Waals surface area contributed by atoms with E-state index in [1.807, 2.05) is 0 Å². The number of rotatable bonds is 6. The fourth-order valence-electron chi connectivity index (χ4n) is 3.63. The van der Waals surface area contributed by atoms with Crippen LogP contribution in [-0.2, 0) is 21.2 Å². The van der Waals surface area contributed by atoms with Crippen molar-refractivity contribution in [3.05, 3.63) is 68.9 Å². The van der Waals surface area contributed by atoms with Crippen molar-refractivity contribution in [3.8, 4) is 5.75 Å². The number of carboxylic acid groups (broad SMARTS) is 1. The lowest BCUT2D eigenvalue weighted by atomic mass is 10.0. The van der Waals surface area contributed by atoms with Gasteiger partial charge in [-0.3, -0.25) is 13.9 Å². The number of para-hydroxylation sites is 2. The van der Waals surface area contributed by atoms with Crippen LogP contribution in [0, 0.1) is 0 Å². The highest BCUT2D eigenvalue weighted by Gasteiger charge is 2.38. The molecule has 2 heterocycles. The zero-order valence-electron chi connectivity index (χ0n) is 17.8. The lowest BCUT2D eigenvalue weighted by Gasteiger charge is -2.27. The Hall–Kier alpha value is -3.41. The van der Waals surface area contributed by atoms with Crippen molar-refractivity contribution in [2.24, 2.45) is 0 Å². The molecule has 0 fully saturated rings. The minimum Gasteiger partial charge on any atom is -0.495 e. The molecule has 0 bridgehead atoms. The van der Waals surface area contributed by atoms with Gasteiger partial charge in [-0.1, -0.05) is 23.7 Å². The van der Waals surface area contributed by atoms with E-state index < -0.39 is 27.8 Å². The van der Waals surface area contributed by atoms with Gasteiger partial charge >= 0.3 is 5.97 Å². The van der Waals surface area contributed by atoms with Gasteiger partial charge in [0.25, 0.3) is 15.9 Å². The van der Waals surface area contributed by atoms with Crippen molar-refractivity contribution in [2.45, 2.75) is 11.3 Å². The Labute approximate surface area is 203 Å². The van der Waals surface area contributed by atoms with Crippen LogP contribution in [0.25, 0.3) is 0 Å². The fraction of sp³-hybridized carbons (Fsp3) is 0.136. The van der Waals surface area contributed by atoms with E-state index in [-0.39, 0.29) is 38.2 Å². The number of benzene rings is 2. The van der Waals surface area contributed by atoms with Gasteiger partial charge in [-0.25, -0.2) is 18.1 Å². The molecule has 1 N–H and O–H groups in total. The third-order valence-corrected chi connectivity index (χ3v) is 8.41. The molecule has 0 saturated carbocycles. The number of carbonyl (C=O) groups excluding carboxylic acids is 2. The van der Waals surface area contributed by atoms with Gasteiger partial charge in [0.1, 0.15) is 10.6 Å². The van der Waals surface area contributed by atoms with Crippen molar-refractivity contribution in [1.82, 2.24) is 0 Å². The molecule has 2 amide bonds. The van der Waals surface area contributed by atoms with Crippen LogP contribution in [0.5, 0.6) is 5.75 Å². The molecule has 1 aliphatic heterocycles. The number of halogens is 1. The van der Waals surface area contributed by atoms with Gasteiger partial charge in [-0.05, 0) is 41.3 Å². The van der Waals surface area contributed by atoms with Crippen LogP contribution < -0.4 is 13.9 Å². The summed E-state index contributed by atoms with van der Waals surface area (Å²) in [6.45, 7) is 0. The van der Waals surface area contributed by atoms with Crippen molar-refractivity contribution in [1.29, 1.82) is 0 Å². The van der Waals surface area contributed by atoms with Crippen molar-refractivity contribution < 1.29 is 32.6 Å². The number of aromatic carboxylic acids is 1. The first-order chi connectivity index (χ1) is 16.1. The Balaban J connectivity index is 1.80. The van der Waals surface area contributed by atoms with Crippen molar-refractivity contribution in [2.75, 3.05) is 23.4 Å². The zero-order valence-corrected chi connectivity index (χ0v) is 20.2. The number of sulfonamides is 1. The van der Waals surface area contributed by atoms with Gasteiger partial charge in [-0.15, -0.1) is 11.3 Å². The smallest absolute Gasteiger partial charge is 0.346 e. The van der Waals surface area contributed by atoms with Gasteiger partial charge in [0, 0.05) is 7.05 Å². The molecule has 3 aromatic rings. The molecule has 0 unspecified atom stereocenters. The van der Waals surface area contributed by atoms with Crippen LogP contribution in [-0.4, -0.2) is 45.5 Å². The van der Waals surface area contributed by atoms with Gasteiger partial charge in [0.2, 0.25) is 5.91 Å². The number of amides is 2. The highest BCUT2D eigenvalue weighted by Crippen LogP contribution is 2.37. The second-order valence-corrected chi connectivity index (χ2v) is 10.5. The normalized spacial score (nSPS) is 13.6. The van der Waals surface area contributed by atoms with Crippen molar-refractivity contribution >= 4 is 62.1 Å². The molecular formula is C22H17ClN2O7S2. The molecular weight excluding hydrogens is 504 g/mol. The molecule has 0 spiro atoms. The molecule has 12 heteroatoms. The minimum absolute atomic E-state index is 0.0452. The summed E-state index contributed by atoms with van der Waals surface area (Å²) < 4.78 is 33.0. The largest absolute Gasteiger partial charge is 0.495 e. The van der Waals surface area contributed by atoms with Gasteiger partial charge in [0.15, 0.2) is 0 Å². The molecule has 1 aromatic heterocycles. The summed E-state index contributed by atoms with van der Waals surface area (Å²) in [4.78, 5) is 37.9. The number of nitrogens with zero attached hydrogens (tertiary/aromatic N) is 2. The van der Waals surface area contributed by atoms with E-state index in [1.54, 1.807) is 24.3 Å². The number of carbonyl (C=O) groups is 3. The predicted molar refractivity (Wildman–Crippen MR) is 127 cm³/mol. The summed E-state index contributed by atoms with van der Waals surface area (Å²) in [6, 6.07) is 10.2. The SMILES string of the molecule is COc1ccccc1N(C)S(=O)(=O)c1ccc(Cl)c(N2C(=O)Cc3csc(C(=O)O)c3C2=O)c1. The van der Waals surface area contributed by atoms with E-state index in [1.165, 1.54) is 31.7 Å². The van der Waals surface area contributed by atoms with Gasteiger partial charge < -0.3 is 9.84 Å². The lowest BCUT2D eigenvalue weighted by Crippen LogP contribution is -2.43. The molecule has 2 aromatic carbocycles. The molecule has 4 rings (SSSR count). The summed E-state index contributed by atoms with van der Waals surface area (Å²) in [5, 5.41) is 10.8. The Morgan fingerprint density at radius 1 is 1.21 bits per heavy atom. The van der Waals surface area contributed by atoms with Crippen LogP contribution in [0.2, 0.25) is 5.02 Å². The fourth-order valence-corrected chi connectivity index (χ4v) is 5.96. The first-order valence-corrected chi connectivity index (χ1v) is 12.4. The number of carboxylic acids is 1. The summed E-state index contributed by atoms with van der Waals surface area (Å²) in [5.74, 6) is -2.49. The number of ether oxygens (including phenoxy) is 1. The van der Waals surface area contributed by atoms with Crippen LogP contribution in [0.1, 0.15) is 25.6 Å². The number of methoxy groups -OCH3 is 1. The first kappa shape index (κ1) is 23.7. The number of fused-ring (bicyclic) bond motifs is 1. The molecule has 9 nitrogen and oxygen atoms in total. The number of thiophene rings is 1. The maximum Gasteiger partial charge on any atom is 0.346 e. The summed E-state index contributed by atoms with van der Waals surface area (Å²) in [6.07, 6.45) is -0.223. The van der Waals surface area contributed by atoms with E-state index in [0.717, 1.165) is 26.6 Å². The molecule has 0 atom stereocenters. The second-order valence-electron chi connectivity index (χ2n) is 7.24. The van der Waals surface area contributed by atoms with Crippen LogP contribution in [0.15, 0.2) is 52.7 Å². The number of imide groups is 1. The standard InChI is InChI=1S/C22H17ClN2O7S2/c1-24(15-5-3-4-6-17(15)32-2)34(30,31)13-7-8-14(23)16(10-13)25-18(26)9-12-11-33-20(22(28)29)19(12)21(25)27/h3-8,10-11H,9H2,1-2H3,(H,28,29). The summed E-state index contributed by atoms with van der Waals surface area (Å²) in [5.41, 5.74) is 0.331. The van der Waals surface area contributed by atoms with Gasteiger partial charge in [-0.2, -0.15) is 0 Å². The monoisotopic (exact) mass is 520 g/mol. The third kappa shape index (κ3) is 3.81. The molecule has 1 aliphatic rings. The topological polar surface area (TPSA) is 121 Å². The average molecular weight is 521 g/mol. The average Bonchev–Trinajstić information content (AvgIpc) is 3.24. The lowest BCUT2D eigenvalue weighted by molar-refractivity contribution is -0.117. The van der Waals surface area contributed by atoms with E-state index >= 15 is 0 Å². The predicted octanol–water partition coefficient (Wildman–Crippen LogP) is 3.66. The van der Waals surface area contributed by atoms with E-state index in [2.05, 4.69) is 0 Å². The maximum absolute atomic E-state index is 13.4. The Morgan fingerprint density at radius 2 is 1.91 bits per heavy atom. The molecule has 176 valence electrons. The summed E-state index contributed by atoms with van der Waals surface area (Å²) in [7, 11) is -1.40. The number of hydrogen-bond donors (Lipinski definition) is 1. The van der Waals surface area contributed by atoms with Crippen molar-refractivity contribution in [3.63, 3.8) is 0 Å². The molecule has 0 aliphatic carbocycles. The molecule has 34 heavy (non-hydrogen) atoms. The first-order valence-electron chi connectivity index (χ1n) is 9.70. The molecule has 0 saturated heterocycles. The van der Waals surface area contributed by atoms with E-state index in [4.69, 9.17) is 16.3 Å². The quantitative estimate of drug-likeness (QED) is 0.492. The Kier molecular flexibility index (Phi) is 6.11. The Morgan fingerprint density at radius 3 is 2.59 bits per heavy atom. The zero-order chi connectivity index (χ0) is 24.8. The van der Waals surface area contributed by atoms with Crippen LogP contribution >= 0.6 is 22.9 Å². The number of anilines is 2. The highest BCUT2D eigenvalue weighted by molar-refractivity contribution is 7.92. The number of hydrogen-bond acceptors (Lipinski definition) is 7. The summed E-state index contributed by atoms with van der Waals surface area (Å²) >= 11 is 7.12. The molecule has 0 radical (unpaired) electrons. The van der Waals surface area contributed by atoms with Crippen LogP contribution in [0.3, 0.4) is 0 Å². The maximum atomic E-state index is 13.4. The third-order valence-electron chi connectivity index (χ3n) is 5.31. The second kappa shape index (κ2) is 8.75. The van der Waals surface area contributed by atoms with Gasteiger partial charge in [0.05, 0.1) is 40.4 Å². The van der Waals surface area contributed by atoms with Crippen LogP contribution in [0.4, 0.5) is 11.4 Å². The van der Waals surface area contributed by atoms with E-state index in [9.17, 15) is 27.9 Å².